The SMILES string of the molecule is Nc1cc(-c2ccc(F)cc2)nn1-c1ccncc1. The molecular formula is C14H11FN4. The number of aromatic nitrogens is 3. The Bertz CT molecular complexity index is 689. The third-order valence-electron chi connectivity index (χ3n) is 2.78. The number of nitrogens with two attached hydrogens (primary N) is 1. The van der Waals surface area contributed by atoms with E-state index in [0.717, 1.165) is 11.3 Å². The Hall–Kier alpha value is -2.69. The Morgan fingerprint density at radius 2 is 1.68 bits per heavy atom. The molecule has 0 unspecified atom stereocenters. The van der Waals surface area contributed by atoms with Gasteiger partial charge in [-0.15, -0.1) is 0 Å². The summed E-state index contributed by atoms with van der Waals surface area (Å²) in [4.78, 5) is 3.95. The lowest BCUT2D eigenvalue weighted by Gasteiger charge is -2.02. The zero-order valence-electron chi connectivity index (χ0n) is 9.99. The van der Waals surface area contributed by atoms with Gasteiger partial charge in [0.05, 0.1) is 11.4 Å². The lowest BCUT2D eigenvalue weighted by molar-refractivity contribution is 0.628. The van der Waals surface area contributed by atoms with E-state index in [1.165, 1.54) is 12.1 Å². The van der Waals surface area contributed by atoms with Crippen LogP contribution in [0.1, 0.15) is 0 Å². The van der Waals surface area contributed by atoms with Crippen molar-refractivity contribution in [1.29, 1.82) is 0 Å². The molecule has 94 valence electrons. The molecule has 0 aliphatic heterocycles. The molecular weight excluding hydrogens is 243 g/mol. The standard InChI is InChI=1S/C14H11FN4/c15-11-3-1-10(2-4-11)13-9-14(16)19(18-13)12-5-7-17-8-6-12/h1-9H,16H2. The van der Waals surface area contributed by atoms with Crippen molar-refractivity contribution in [2.75, 3.05) is 5.73 Å². The van der Waals surface area contributed by atoms with Gasteiger partial charge in [0, 0.05) is 24.0 Å². The quantitative estimate of drug-likeness (QED) is 0.764. The zero-order valence-corrected chi connectivity index (χ0v) is 9.99. The van der Waals surface area contributed by atoms with E-state index in [0.29, 0.717) is 11.5 Å². The fraction of sp³-hybridized carbons (Fsp3) is 0. The van der Waals surface area contributed by atoms with Crippen LogP contribution >= 0.6 is 0 Å². The summed E-state index contributed by atoms with van der Waals surface area (Å²) in [6.45, 7) is 0. The Balaban J connectivity index is 2.04. The van der Waals surface area contributed by atoms with Gasteiger partial charge >= 0.3 is 0 Å². The summed E-state index contributed by atoms with van der Waals surface area (Å²) in [7, 11) is 0. The molecule has 0 bridgehead atoms. The molecule has 5 heteroatoms. The number of nitrogens with zero attached hydrogens (tertiary/aromatic N) is 3. The summed E-state index contributed by atoms with van der Waals surface area (Å²) in [6, 6.07) is 11.5. The summed E-state index contributed by atoms with van der Waals surface area (Å²) in [5.41, 5.74) is 8.30. The van der Waals surface area contributed by atoms with Gasteiger partial charge in [-0.2, -0.15) is 5.10 Å². The third kappa shape index (κ3) is 2.18. The lowest BCUT2D eigenvalue weighted by atomic mass is 10.1. The van der Waals surface area contributed by atoms with Crippen LogP contribution in [-0.2, 0) is 0 Å². The molecule has 0 amide bonds. The molecule has 0 atom stereocenters. The minimum absolute atomic E-state index is 0.273. The lowest BCUT2D eigenvalue weighted by Crippen LogP contribution is -2.01. The van der Waals surface area contributed by atoms with Crippen molar-refractivity contribution in [3.8, 4) is 16.9 Å². The summed E-state index contributed by atoms with van der Waals surface area (Å²) >= 11 is 0. The summed E-state index contributed by atoms with van der Waals surface area (Å²) in [5.74, 6) is 0.246. The Labute approximate surface area is 109 Å². The van der Waals surface area contributed by atoms with Crippen molar-refractivity contribution in [2.24, 2.45) is 0 Å². The van der Waals surface area contributed by atoms with Crippen LogP contribution < -0.4 is 5.73 Å². The fourth-order valence-electron chi connectivity index (χ4n) is 1.85. The number of hydrogen-bond donors (Lipinski definition) is 1. The highest BCUT2D eigenvalue weighted by atomic mass is 19.1. The van der Waals surface area contributed by atoms with E-state index in [4.69, 9.17) is 5.73 Å². The number of nitrogen functional groups attached to an aromatic ring is 1. The van der Waals surface area contributed by atoms with Crippen LogP contribution in [0, 0.1) is 5.82 Å². The molecule has 0 radical (unpaired) electrons. The molecule has 0 aliphatic carbocycles. The normalized spacial score (nSPS) is 10.6. The topological polar surface area (TPSA) is 56.7 Å². The van der Waals surface area contributed by atoms with Gasteiger partial charge in [0.25, 0.3) is 0 Å². The maximum atomic E-state index is 12.9. The molecule has 0 saturated carbocycles. The molecule has 4 nitrogen and oxygen atoms in total. The maximum Gasteiger partial charge on any atom is 0.127 e. The first-order valence-electron chi connectivity index (χ1n) is 5.76. The number of halogens is 1. The second-order valence-electron chi connectivity index (χ2n) is 4.08. The van der Waals surface area contributed by atoms with Gasteiger partial charge in [0.2, 0.25) is 0 Å². The van der Waals surface area contributed by atoms with Gasteiger partial charge in [-0.3, -0.25) is 4.98 Å². The average molecular weight is 254 g/mol. The highest BCUT2D eigenvalue weighted by molar-refractivity contribution is 5.63. The molecule has 0 spiro atoms. The fourth-order valence-corrected chi connectivity index (χ4v) is 1.85. The number of anilines is 1. The maximum absolute atomic E-state index is 12.9. The molecule has 2 heterocycles. The smallest absolute Gasteiger partial charge is 0.127 e. The monoisotopic (exact) mass is 254 g/mol. The van der Waals surface area contributed by atoms with Gasteiger partial charge in [0.15, 0.2) is 0 Å². The van der Waals surface area contributed by atoms with Crippen molar-refractivity contribution >= 4 is 5.82 Å². The molecule has 1 aromatic carbocycles. The third-order valence-corrected chi connectivity index (χ3v) is 2.78. The highest BCUT2D eigenvalue weighted by Crippen LogP contribution is 2.22. The van der Waals surface area contributed by atoms with Gasteiger partial charge in [0.1, 0.15) is 11.6 Å². The van der Waals surface area contributed by atoms with Crippen LogP contribution in [0.3, 0.4) is 0 Å². The summed E-state index contributed by atoms with van der Waals surface area (Å²) in [6.07, 6.45) is 3.35. The molecule has 2 N–H and O–H groups in total. The molecule has 0 fully saturated rings. The average Bonchev–Trinajstić information content (AvgIpc) is 2.83. The second kappa shape index (κ2) is 4.53. The van der Waals surface area contributed by atoms with E-state index in [9.17, 15) is 4.39 Å². The molecule has 0 saturated heterocycles. The van der Waals surface area contributed by atoms with Crippen molar-refractivity contribution < 1.29 is 4.39 Å². The Morgan fingerprint density at radius 3 is 2.37 bits per heavy atom. The predicted molar refractivity (Wildman–Crippen MR) is 71.2 cm³/mol. The van der Waals surface area contributed by atoms with E-state index in [-0.39, 0.29) is 5.82 Å². The molecule has 3 rings (SSSR count). The van der Waals surface area contributed by atoms with Crippen molar-refractivity contribution in [2.45, 2.75) is 0 Å². The van der Waals surface area contributed by atoms with E-state index in [1.54, 1.807) is 35.3 Å². The van der Waals surface area contributed by atoms with Crippen LogP contribution in [0.2, 0.25) is 0 Å². The first-order chi connectivity index (χ1) is 9.24. The van der Waals surface area contributed by atoms with Crippen molar-refractivity contribution in [3.05, 3.63) is 60.7 Å². The van der Waals surface area contributed by atoms with Gasteiger partial charge < -0.3 is 5.73 Å². The van der Waals surface area contributed by atoms with Crippen molar-refractivity contribution in [3.63, 3.8) is 0 Å². The van der Waals surface area contributed by atoms with Crippen LogP contribution in [0.15, 0.2) is 54.9 Å². The first kappa shape index (κ1) is 11.4. The largest absolute Gasteiger partial charge is 0.384 e. The van der Waals surface area contributed by atoms with E-state index in [2.05, 4.69) is 10.1 Å². The number of rotatable bonds is 2. The van der Waals surface area contributed by atoms with E-state index >= 15 is 0 Å². The minimum atomic E-state index is -0.273. The van der Waals surface area contributed by atoms with Gasteiger partial charge in [-0.25, -0.2) is 9.07 Å². The van der Waals surface area contributed by atoms with Crippen LogP contribution in [-0.4, -0.2) is 14.8 Å². The number of pyridine rings is 1. The predicted octanol–water partition coefficient (Wildman–Crippen LogP) is 2.66. The summed E-state index contributed by atoms with van der Waals surface area (Å²) in [5, 5.41) is 4.42. The Kier molecular flexibility index (Phi) is 2.72. The number of benzene rings is 1. The minimum Gasteiger partial charge on any atom is -0.384 e. The Morgan fingerprint density at radius 1 is 1.00 bits per heavy atom. The second-order valence-corrected chi connectivity index (χ2v) is 4.08. The highest BCUT2D eigenvalue weighted by Gasteiger charge is 2.08. The molecule has 19 heavy (non-hydrogen) atoms. The summed E-state index contributed by atoms with van der Waals surface area (Å²) < 4.78 is 14.5. The van der Waals surface area contributed by atoms with Crippen LogP contribution in [0.5, 0.6) is 0 Å². The number of hydrogen-bond acceptors (Lipinski definition) is 3. The first-order valence-corrected chi connectivity index (χ1v) is 5.76. The zero-order chi connectivity index (χ0) is 13.2. The van der Waals surface area contributed by atoms with Crippen molar-refractivity contribution in [1.82, 2.24) is 14.8 Å². The van der Waals surface area contributed by atoms with Crippen LogP contribution in [0.25, 0.3) is 16.9 Å². The van der Waals surface area contributed by atoms with Crippen LogP contribution in [0.4, 0.5) is 10.2 Å². The van der Waals surface area contributed by atoms with E-state index in [1.807, 2.05) is 12.1 Å². The van der Waals surface area contributed by atoms with Gasteiger partial charge in [-0.1, -0.05) is 0 Å². The van der Waals surface area contributed by atoms with Gasteiger partial charge in [-0.05, 0) is 36.4 Å². The molecule has 0 aliphatic rings. The van der Waals surface area contributed by atoms with E-state index < -0.39 is 0 Å². The molecule has 3 aromatic rings. The molecule has 2 aromatic heterocycles.